The van der Waals surface area contributed by atoms with Crippen LogP contribution in [0.4, 0.5) is 0 Å². The Bertz CT molecular complexity index is 529. The summed E-state index contributed by atoms with van der Waals surface area (Å²) in [6.45, 7) is 11.7. The molecule has 24 heavy (non-hydrogen) atoms. The molecule has 0 aliphatic carbocycles. The van der Waals surface area contributed by atoms with Crippen molar-refractivity contribution in [3.05, 3.63) is 30.3 Å². The van der Waals surface area contributed by atoms with Gasteiger partial charge in [-0.05, 0) is 18.1 Å². The van der Waals surface area contributed by atoms with Crippen LogP contribution in [0.5, 0.6) is 5.75 Å². The van der Waals surface area contributed by atoms with Gasteiger partial charge in [0.05, 0.1) is 0 Å². The third-order valence-electron chi connectivity index (χ3n) is 5.30. The number of hydrogen-bond donors (Lipinski definition) is 0. The molecule has 5 nitrogen and oxygen atoms in total. The van der Waals surface area contributed by atoms with Crippen molar-refractivity contribution in [3.8, 4) is 5.75 Å². The number of benzene rings is 1. The van der Waals surface area contributed by atoms with Gasteiger partial charge in [-0.25, -0.2) is 0 Å². The summed E-state index contributed by atoms with van der Waals surface area (Å²) in [5.74, 6) is 1.82. The molecule has 0 unspecified atom stereocenters. The van der Waals surface area contributed by atoms with E-state index in [-0.39, 0.29) is 5.91 Å². The second-order valence-electron chi connectivity index (χ2n) is 7.01. The summed E-state index contributed by atoms with van der Waals surface area (Å²) in [4.78, 5) is 18.5. The van der Waals surface area contributed by atoms with Crippen molar-refractivity contribution >= 4 is 5.91 Å². The van der Waals surface area contributed by atoms with Gasteiger partial charge in [0.2, 0.25) is 5.91 Å². The van der Waals surface area contributed by atoms with Gasteiger partial charge in [-0.2, -0.15) is 0 Å². The molecule has 2 heterocycles. The predicted octanol–water partition coefficient (Wildman–Crippen LogP) is 1.55. The number of nitrogens with zero attached hydrogens (tertiary/aromatic N) is 3. The highest BCUT2D eigenvalue weighted by Crippen LogP contribution is 2.23. The Balaban J connectivity index is 1.42. The summed E-state index contributed by atoms with van der Waals surface area (Å²) in [5.41, 5.74) is 0. The zero-order chi connectivity index (χ0) is 16.9. The molecule has 1 amide bonds. The van der Waals surface area contributed by atoms with Gasteiger partial charge in [0, 0.05) is 58.8 Å². The highest BCUT2D eigenvalue weighted by Gasteiger charge is 2.35. The van der Waals surface area contributed by atoms with Gasteiger partial charge in [0.15, 0.2) is 0 Å². The number of amides is 1. The molecule has 0 bridgehead atoms. The average Bonchev–Trinajstić information content (AvgIpc) is 2.96. The van der Waals surface area contributed by atoms with Crippen molar-refractivity contribution in [2.75, 3.05) is 52.4 Å². The van der Waals surface area contributed by atoms with E-state index < -0.39 is 0 Å². The van der Waals surface area contributed by atoms with E-state index >= 15 is 0 Å². The van der Waals surface area contributed by atoms with E-state index in [9.17, 15) is 4.79 Å². The molecule has 0 spiro atoms. The standard InChI is InChI=1S/C19H29N3O2/c1-16-14-20(12-13-24-18-6-4-3-5-7-18)15-19(16)22-10-8-21(9-11-22)17(2)23/h3-7,16,19H,8-15H2,1-2H3/t16-,19+/m1/s1. The Morgan fingerprint density at radius 1 is 1.12 bits per heavy atom. The lowest BCUT2D eigenvalue weighted by Gasteiger charge is -2.39. The summed E-state index contributed by atoms with van der Waals surface area (Å²) in [7, 11) is 0. The SMILES string of the molecule is CC(=O)N1CCN([C@H]2CN(CCOc3ccccc3)C[C@H]2C)CC1. The third-order valence-corrected chi connectivity index (χ3v) is 5.30. The molecule has 0 N–H and O–H groups in total. The van der Waals surface area contributed by atoms with Crippen LogP contribution in [0.2, 0.25) is 0 Å². The first kappa shape index (κ1) is 17.2. The van der Waals surface area contributed by atoms with E-state index in [1.807, 2.05) is 35.2 Å². The minimum absolute atomic E-state index is 0.203. The maximum Gasteiger partial charge on any atom is 0.219 e. The number of carbonyl (C=O) groups is 1. The van der Waals surface area contributed by atoms with Gasteiger partial charge >= 0.3 is 0 Å². The van der Waals surface area contributed by atoms with E-state index in [0.717, 1.165) is 58.2 Å². The van der Waals surface area contributed by atoms with Crippen LogP contribution in [-0.4, -0.2) is 79.1 Å². The van der Waals surface area contributed by atoms with Crippen LogP contribution in [0.25, 0.3) is 0 Å². The number of likely N-dealkylation sites (tertiary alicyclic amines) is 1. The molecule has 132 valence electrons. The van der Waals surface area contributed by atoms with Crippen LogP contribution in [0.3, 0.4) is 0 Å². The molecule has 2 aliphatic rings. The van der Waals surface area contributed by atoms with Crippen molar-refractivity contribution in [1.29, 1.82) is 0 Å². The Hall–Kier alpha value is -1.59. The van der Waals surface area contributed by atoms with Crippen LogP contribution in [-0.2, 0) is 4.79 Å². The zero-order valence-corrected chi connectivity index (χ0v) is 14.9. The van der Waals surface area contributed by atoms with Gasteiger partial charge in [-0.15, -0.1) is 0 Å². The highest BCUT2D eigenvalue weighted by atomic mass is 16.5. The van der Waals surface area contributed by atoms with Crippen molar-refractivity contribution in [2.45, 2.75) is 19.9 Å². The number of rotatable bonds is 5. The zero-order valence-electron chi connectivity index (χ0n) is 14.9. The van der Waals surface area contributed by atoms with Crippen molar-refractivity contribution in [2.24, 2.45) is 5.92 Å². The molecular formula is C19H29N3O2. The average molecular weight is 331 g/mol. The van der Waals surface area contributed by atoms with Gasteiger partial charge in [-0.1, -0.05) is 25.1 Å². The Morgan fingerprint density at radius 2 is 1.83 bits per heavy atom. The molecule has 1 aromatic rings. The van der Waals surface area contributed by atoms with Crippen LogP contribution in [0, 0.1) is 5.92 Å². The lowest BCUT2D eigenvalue weighted by Crippen LogP contribution is -2.53. The molecular weight excluding hydrogens is 302 g/mol. The summed E-state index contributed by atoms with van der Waals surface area (Å²) >= 11 is 0. The maximum absolute atomic E-state index is 11.5. The lowest BCUT2D eigenvalue weighted by molar-refractivity contribution is -0.130. The first-order valence-corrected chi connectivity index (χ1v) is 9.03. The molecule has 1 aromatic carbocycles. The maximum atomic E-state index is 11.5. The van der Waals surface area contributed by atoms with Gasteiger partial charge in [0.25, 0.3) is 0 Å². The van der Waals surface area contributed by atoms with Crippen molar-refractivity contribution in [3.63, 3.8) is 0 Å². The number of piperazine rings is 1. The summed E-state index contributed by atoms with van der Waals surface area (Å²) in [6.07, 6.45) is 0. The van der Waals surface area contributed by atoms with Gasteiger partial charge in [-0.3, -0.25) is 14.6 Å². The number of ether oxygens (including phenoxy) is 1. The van der Waals surface area contributed by atoms with Crippen LogP contribution < -0.4 is 4.74 Å². The molecule has 0 radical (unpaired) electrons. The van der Waals surface area contributed by atoms with E-state index in [0.29, 0.717) is 12.0 Å². The molecule has 5 heteroatoms. The van der Waals surface area contributed by atoms with Crippen LogP contribution >= 0.6 is 0 Å². The van der Waals surface area contributed by atoms with Crippen LogP contribution in [0.15, 0.2) is 30.3 Å². The number of para-hydroxylation sites is 1. The quantitative estimate of drug-likeness (QED) is 0.820. The second-order valence-corrected chi connectivity index (χ2v) is 7.01. The minimum Gasteiger partial charge on any atom is -0.492 e. The molecule has 0 saturated carbocycles. The normalized spacial score (nSPS) is 25.8. The second kappa shape index (κ2) is 7.99. The van der Waals surface area contributed by atoms with Gasteiger partial charge < -0.3 is 9.64 Å². The smallest absolute Gasteiger partial charge is 0.219 e. The fourth-order valence-electron chi connectivity index (χ4n) is 3.88. The summed E-state index contributed by atoms with van der Waals surface area (Å²) in [6, 6.07) is 10.6. The topological polar surface area (TPSA) is 36.0 Å². The lowest BCUT2D eigenvalue weighted by atomic mass is 10.0. The van der Waals surface area contributed by atoms with Gasteiger partial charge in [0.1, 0.15) is 12.4 Å². The molecule has 2 saturated heterocycles. The Kier molecular flexibility index (Phi) is 5.74. The molecule has 2 atom stereocenters. The monoisotopic (exact) mass is 331 g/mol. The fourth-order valence-corrected chi connectivity index (χ4v) is 3.88. The Morgan fingerprint density at radius 3 is 2.50 bits per heavy atom. The fraction of sp³-hybridized carbons (Fsp3) is 0.632. The summed E-state index contributed by atoms with van der Waals surface area (Å²) < 4.78 is 5.82. The number of hydrogen-bond acceptors (Lipinski definition) is 4. The number of carbonyl (C=O) groups excluding carboxylic acids is 1. The molecule has 2 aliphatic heterocycles. The minimum atomic E-state index is 0.203. The first-order chi connectivity index (χ1) is 11.6. The predicted molar refractivity (Wildman–Crippen MR) is 95.2 cm³/mol. The molecule has 2 fully saturated rings. The highest BCUT2D eigenvalue weighted by molar-refractivity contribution is 5.73. The van der Waals surface area contributed by atoms with Crippen LogP contribution in [0.1, 0.15) is 13.8 Å². The van der Waals surface area contributed by atoms with E-state index in [1.54, 1.807) is 6.92 Å². The van der Waals surface area contributed by atoms with E-state index in [4.69, 9.17) is 4.74 Å². The molecule has 0 aromatic heterocycles. The summed E-state index contributed by atoms with van der Waals surface area (Å²) in [5, 5.41) is 0. The van der Waals surface area contributed by atoms with E-state index in [2.05, 4.69) is 16.7 Å². The van der Waals surface area contributed by atoms with Crippen molar-refractivity contribution < 1.29 is 9.53 Å². The van der Waals surface area contributed by atoms with E-state index in [1.165, 1.54) is 0 Å². The largest absolute Gasteiger partial charge is 0.492 e. The van der Waals surface area contributed by atoms with Crippen molar-refractivity contribution in [1.82, 2.24) is 14.7 Å². The third kappa shape index (κ3) is 4.28. The molecule has 3 rings (SSSR count). The Labute approximate surface area is 145 Å². The first-order valence-electron chi connectivity index (χ1n) is 9.03.